The second kappa shape index (κ2) is 27.5. The number of ether oxygens (including phenoxy) is 4. The van der Waals surface area contributed by atoms with Crippen LogP contribution >= 0.6 is 26.0 Å². The number of alkyl halides is 2. The molecule has 10 atom stereocenters. The number of carbonyl (C=O) groups is 2. The number of nitrogens with two attached hydrogens (primary N) is 1. The molecule has 2 unspecified atom stereocenters. The highest BCUT2D eigenvalue weighted by molar-refractivity contribution is 8.54. The minimum Gasteiger partial charge on any atom is -0.494 e. The first-order chi connectivity index (χ1) is 37.6. The fourth-order valence-electron chi connectivity index (χ4n) is 8.85. The van der Waals surface area contributed by atoms with Gasteiger partial charge in [-0.25, -0.2) is 42.5 Å². The van der Waals surface area contributed by atoms with Crippen LogP contribution in [0.3, 0.4) is 0 Å². The lowest BCUT2D eigenvalue weighted by Gasteiger charge is -2.29. The fourth-order valence-corrected chi connectivity index (χ4v) is 13.2. The first kappa shape index (κ1) is 58.5. The summed E-state index contributed by atoms with van der Waals surface area (Å²) in [4.78, 5) is 74.2. The number of hydrogen-bond donors (Lipinski definition) is 4. The third-order valence-electron chi connectivity index (χ3n) is 13.0. The number of unbranched alkanes of at least 4 members (excludes halogenated alkanes) is 9. The first-order valence-corrected chi connectivity index (χ1v) is 30.2. The number of rotatable bonds is 24. The molecule has 0 saturated carbocycles. The number of H-pyrrole nitrogens is 1. The Bertz CT molecular complexity index is 3050. The molecule has 5 aromatic rings. The number of carbonyl (C=O) groups excluding carboxylic acids is 2. The van der Waals surface area contributed by atoms with E-state index in [-0.39, 0.29) is 40.0 Å². The van der Waals surface area contributed by atoms with Crippen LogP contribution in [-0.2, 0) is 47.2 Å². The Hall–Kier alpha value is -5.66. The van der Waals surface area contributed by atoms with Crippen LogP contribution in [0, 0.1) is 0 Å². The van der Waals surface area contributed by atoms with E-state index < -0.39 is 94.3 Å². The van der Waals surface area contributed by atoms with Gasteiger partial charge in [0.2, 0.25) is 5.91 Å². The van der Waals surface area contributed by atoms with E-state index in [0.29, 0.717) is 46.7 Å². The summed E-state index contributed by atoms with van der Waals surface area (Å²) in [6.45, 7) is -1.53. The minimum absolute atomic E-state index is 0.0184. The van der Waals surface area contributed by atoms with Gasteiger partial charge in [-0.3, -0.25) is 41.8 Å². The molecule has 2 aromatic carbocycles. The van der Waals surface area contributed by atoms with Crippen molar-refractivity contribution in [3.05, 3.63) is 118 Å². The van der Waals surface area contributed by atoms with Crippen LogP contribution in [0.4, 0.5) is 14.6 Å². The standard InChI is InChI=1S/C50H62F2N8O15P2S/c1-2-3-14-38(61)54-24-12-10-8-6-4-5-7-9-11-13-26-68-34-21-17-33(18-22-34)49(63)71-35-19-15-32(16-20-35)29-78-77(67)70-28-37-43(40(51)48(73-37)60-31-57-42-45(53)55-30-56-46(42)60)74-76(65,66)69-27-36-44(75-77)41(52)47(72-36)59-25-23-39(62)58-50(59)64/h2,15-23,25,30-31,36-37,40-41,43-44,47-48H,1,3-14,24,26-29H2,(H,54,61)(H,65,66)(H2,53,55,56)(H,58,62,64)/t36-,37-,40-,41-,43-,44-,47-,48-,77?/m1/s1. The van der Waals surface area contributed by atoms with E-state index in [0.717, 1.165) is 61.8 Å². The summed E-state index contributed by atoms with van der Waals surface area (Å²) >= 11 is 0.590. The van der Waals surface area contributed by atoms with Crippen LogP contribution in [0.2, 0.25) is 0 Å². The number of esters is 1. The van der Waals surface area contributed by atoms with Crippen molar-refractivity contribution in [1.29, 1.82) is 0 Å². The zero-order chi connectivity index (χ0) is 55.2. The summed E-state index contributed by atoms with van der Waals surface area (Å²) in [5, 5.41) is 2.95. The predicted molar refractivity (Wildman–Crippen MR) is 281 cm³/mol. The van der Waals surface area contributed by atoms with Crippen molar-refractivity contribution in [2.45, 2.75) is 132 Å². The van der Waals surface area contributed by atoms with Gasteiger partial charge in [0.1, 0.15) is 47.8 Å². The van der Waals surface area contributed by atoms with Crippen molar-refractivity contribution in [1.82, 2.24) is 34.4 Å². The fraction of sp³-hybridized carbons (Fsp3) is 0.500. The molecule has 422 valence electrons. The highest BCUT2D eigenvalue weighted by atomic mass is 32.7. The molecule has 1 amide bonds. The number of phosphoric ester groups is 1. The molecule has 5 N–H and O–H groups in total. The maximum Gasteiger partial charge on any atom is 0.472 e. The zero-order valence-corrected chi connectivity index (χ0v) is 45.0. The van der Waals surface area contributed by atoms with E-state index in [2.05, 4.69) is 26.8 Å². The van der Waals surface area contributed by atoms with Gasteiger partial charge in [-0.15, -0.1) is 6.58 Å². The number of aromatic amines is 1. The number of allylic oxidation sites excluding steroid dienone is 1. The summed E-state index contributed by atoms with van der Waals surface area (Å²) in [6, 6.07) is 13.7. The number of aromatic nitrogens is 6. The molecule has 0 bridgehead atoms. The van der Waals surface area contributed by atoms with Gasteiger partial charge >= 0.3 is 26.3 Å². The molecular weight excluding hydrogens is 1080 g/mol. The Labute approximate surface area is 450 Å². The van der Waals surface area contributed by atoms with Gasteiger partial charge in [0.15, 0.2) is 36.3 Å². The smallest absolute Gasteiger partial charge is 0.472 e. The lowest BCUT2D eigenvalue weighted by molar-refractivity contribution is -0.121. The highest BCUT2D eigenvalue weighted by Crippen LogP contribution is 2.65. The average molecular weight is 1150 g/mol. The molecule has 3 aliphatic heterocycles. The third-order valence-corrected chi connectivity index (χ3v) is 17.6. The number of amides is 1. The summed E-state index contributed by atoms with van der Waals surface area (Å²) < 4.78 is 109. The second-order valence-corrected chi connectivity index (χ2v) is 24.1. The third kappa shape index (κ3) is 15.6. The Morgan fingerprint density at radius 2 is 1.46 bits per heavy atom. The lowest BCUT2D eigenvalue weighted by Crippen LogP contribution is -2.38. The van der Waals surface area contributed by atoms with Crippen LogP contribution < -0.4 is 31.8 Å². The average Bonchev–Trinajstić information content (AvgIpc) is 4.22. The van der Waals surface area contributed by atoms with E-state index in [9.17, 15) is 33.2 Å². The van der Waals surface area contributed by atoms with Crippen molar-refractivity contribution < 1.29 is 69.4 Å². The normalized spacial score (nSPS) is 26.3. The second-order valence-electron chi connectivity index (χ2n) is 18.7. The molecule has 3 aromatic heterocycles. The molecule has 0 aliphatic carbocycles. The molecule has 23 nitrogen and oxygen atoms in total. The van der Waals surface area contributed by atoms with Gasteiger partial charge in [-0.1, -0.05) is 69.6 Å². The van der Waals surface area contributed by atoms with Crippen molar-refractivity contribution >= 4 is 54.9 Å². The zero-order valence-electron chi connectivity index (χ0n) is 42.4. The van der Waals surface area contributed by atoms with Crippen LogP contribution in [0.15, 0.2) is 95.7 Å². The summed E-state index contributed by atoms with van der Waals surface area (Å²) in [5.74, 6) is 0.120. The van der Waals surface area contributed by atoms with E-state index in [1.54, 1.807) is 42.5 Å². The number of halogens is 2. The van der Waals surface area contributed by atoms with Gasteiger partial charge in [0.05, 0.1) is 31.7 Å². The number of nitrogen functional groups attached to an aromatic ring is 1. The quantitative estimate of drug-likeness (QED) is 0.0150. The molecule has 0 radical (unpaired) electrons. The summed E-state index contributed by atoms with van der Waals surface area (Å²) in [7, 11) is -5.25. The largest absolute Gasteiger partial charge is 0.494 e. The van der Waals surface area contributed by atoms with Crippen molar-refractivity contribution in [3.8, 4) is 11.5 Å². The Morgan fingerprint density at radius 1 is 0.833 bits per heavy atom. The van der Waals surface area contributed by atoms with Crippen LogP contribution in [0.25, 0.3) is 11.2 Å². The van der Waals surface area contributed by atoms with Crippen molar-refractivity contribution in [2.24, 2.45) is 0 Å². The number of nitrogens with zero attached hydrogens (tertiary/aromatic N) is 5. The Balaban J connectivity index is 0.841. The number of hydrogen-bond acceptors (Lipinski definition) is 19. The lowest BCUT2D eigenvalue weighted by atomic mass is 10.1. The monoisotopic (exact) mass is 1150 g/mol. The van der Waals surface area contributed by atoms with Gasteiger partial charge in [-0.2, -0.15) is 0 Å². The van der Waals surface area contributed by atoms with E-state index in [1.165, 1.54) is 50.6 Å². The highest BCUT2D eigenvalue weighted by Gasteiger charge is 2.55. The van der Waals surface area contributed by atoms with E-state index in [1.807, 2.05) is 4.98 Å². The van der Waals surface area contributed by atoms with E-state index in [4.69, 9.17) is 42.8 Å². The van der Waals surface area contributed by atoms with Gasteiger partial charge < -0.3 is 34.9 Å². The molecule has 0 spiro atoms. The van der Waals surface area contributed by atoms with Gasteiger partial charge in [0.25, 0.3) is 5.56 Å². The maximum absolute atomic E-state index is 16.6. The molecule has 28 heteroatoms. The topological polar surface area (TPSA) is 299 Å². The van der Waals surface area contributed by atoms with Gasteiger partial charge in [0, 0.05) is 31.0 Å². The number of fused-ring (bicyclic) bond motifs is 3. The van der Waals surface area contributed by atoms with E-state index >= 15 is 8.78 Å². The minimum atomic E-state index is -5.25. The number of imidazole rings is 1. The number of nitrogens with one attached hydrogen (secondary N) is 2. The Morgan fingerprint density at radius 3 is 2.14 bits per heavy atom. The molecule has 3 saturated heterocycles. The maximum atomic E-state index is 16.6. The summed E-state index contributed by atoms with van der Waals surface area (Å²) in [6.07, 6.45) is 2.28. The molecule has 6 heterocycles. The van der Waals surface area contributed by atoms with Gasteiger partial charge in [-0.05, 0) is 72.6 Å². The molecule has 8 rings (SSSR count). The predicted octanol–water partition coefficient (Wildman–Crippen LogP) is 7.97. The number of benzene rings is 2. The number of anilines is 1. The van der Waals surface area contributed by atoms with Crippen molar-refractivity contribution in [3.63, 3.8) is 0 Å². The number of phosphoric acid groups is 1. The first-order valence-electron chi connectivity index (χ1n) is 25.6. The SMILES string of the molecule is C=CCCC(=O)NCCCCCCCCCCCCOc1ccc(C(=O)Oc2ccc(CSP3(=O)OC[C@H]4O[C@@H](n5cnc6c(N)ncnc65)[C@H](F)[C@@H]4OP(=O)(O)OC[C@H]4O[C@@H](n5ccc(=O)[nH]c5=O)[C@H](F)[C@@H]4O3)cc2)cc1. The molecule has 3 fully saturated rings. The van der Waals surface area contributed by atoms with Crippen molar-refractivity contribution in [2.75, 3.05) is 32.1 Å². The van der Waals surface area contributed by atoms with Crippen LogP contribution in [-0.4, -0.2) is 109 Å². The molecule has 3 aliphatic rings. The molecular formula is C50H62F2N8O15P2S. The van der Waals surface area contributed by atoms with Crippen LogP contribution in [0.1, 0.15) is 105 Å². The Kier molecular flexibility index (Phi) is 20.6. The summed E-state index contributed by atoms with van der Waals surface area (Å²) in [5.41, 5.74) is 5.02. The molecule has 78 heavy (non-hydrogen) atoms. The van der Waals surface area contributed by atoms with Crippen LogP contribution in [0.5, 0.6) is 11.5 Å².